The normalized spacial score (nSPS) is 19.4. The first-order chi connectivity index (χ1) is 7.72. The maximum Gasteiger partial charge on any atom is 0.119 e. The van der Waals surface area contributed by atoms with Gasteiger partial charge in [-0.05, 0) is 30.5 Å². The highest BCUT2D eigenvalue weighted by Crippen LogP contribution is 2.35. The molecule has 16 heavy (non-hydrogen) atoms. The summed E-state index contributed by atoms with van der Waals surface area (Å²) in [4.78, 5) is 0. The van der Waals surface area contributed by atoms with Crippen molar-refractivity contribution in [1.82, 2.24) is 0 Å². The van der Waals surface area contributed by atoms with Gasteiger partial charge >= 0.3 is 0 Å². The van der Waals surface area contributed by atoms with Crippen LogP contribution in [0.4, 0.5) is 4.39 Å². The molecule has 2 heteroatoms. The zero-order chi connectivity index (χ0) is 11.4. The lowest BCUT2D eigenvalue weighted by Gasteiger charge is -2.29. The fourth-order valence-electron chi connectivity index (χ4n) is 2.51. The number of rotatable bonds is 3. The largest absolute Gasteiger partial charge is 0.497 e. The minimum Gasteiger partial charge on any atom is -0.497 e. The second kappa shape index (κ2) is 4.86. The van der Waals surface area contributed by atoms with Crippen LogP contribution >= 0.6 is 0 Å². The molecule has 0 spiro atoms. The maximum absolute atomic E-state index is 14.5. The van der Waals surface area contributed by atoms with Crippen LogP contribution in [0.15, 0.2) is 24.3 Å². The summed E-state index contributed by atoms with van der Waals surface area (Å²) in [5.41, 5.74) is 0.0636. The van der Waals surface area contributed by atoms with Gasteiger partial charge in [0.1, 0.15) is 11.4 Å². The molecule has 1 nitrogen and oxygen atoms in total. The summed E-state index contributed by atoms with van der Waals surface area (Å²) in [6, 6.07) is 7.75. The number of hydrogen-bond acceptors (Lipinski definition) is 1. The molecule has 0 saturated heterocycles. The van der Waals surface area contributed by atoms with E-state index in [2.05, 4.69) is 0 Å². The van der Waals surface area contributed by atoms with Gasteiger partial charge in [0, 0.05) is 6.42 Å². The van der Waals surface area contributed by atoms with Crippen molar-refractivity contribution >= 4 is 0 Å². The molecule has 0 radical (unpaired) electrons. The van der Waals surface area contributed by atoms with E-state index in [1.54, 1.807) is 7.11 Å². The Morgan fingerprint density at radius 3 is 2.69 bits per heavy atom. The number of hydrogen-bond donors (Lipinski definition) is 0. The Kier molecular flexibility index (Phi) is 3.47. The van der Waals surface area contributed by atoms with Crippen molar-refractivity contribution in [1.29, 1.82) is 0 Å². The standard InChI is InChI=1S/C14H19FO/c1-16-13-7-5-6-12(10-13)11-14(15)8-3-2-4-9-14/h5-7,10H,2-4,8-9,11H2,1H3. The summed E-state index contributed by atoms with van der Waals surface area (Å²) in [5, 5.41) is 0. The summed E-state index contributed by atoms with van der Waals surface area (Å²) in [6.07, 6.45) is 5.20. The molecule has 0 aliphatic heterocycles. The molecule has 0 N–H and O–H groups in total. The molecule has 0 atom stereocenters. The molecule has 0 heterocycles. The van der Waals surface area contributed by atoms with Crippen molar-refractivity contribution < 1.29 is 9.13 Å². The lowest BCUT2D eigenvalue weighted by molar-refractivity contribution is 0.107. The molecule has 1 saturated carbocycles. The number of methoxy groups -OCH3 is 1. The van der Waals surface area contributed by atoms with Crippen molar-refractivity contribution in [3.05, 3.63) is 29.8 Å². The molecule has 1 aliphatic rings. The van der Waals surface area contributed by atoms with Crippen molar-refractivity contribution in [3.63, 3.8) is 0 Å². The minimum atomic E-state index is -0.982. The van der Waals surface area contributed by atoms with E-state index >= 15 is 0 Å². The monoisotopic (exact) mass is 222 g/mol. The molecule has 0 bridgehead atoms. The van der Waals surface area contributed by atoms with Gasteiger partial charge in [-0.2, -0.15) is 0 Å². The van der Waals surface area contributed by atoms with Crippen LogP contribution in [-0.2, 0) is 6.42 Å². The topological polar surface area (TPSA) is 9.23 Å². The van der Waals surface area contributed by atoms with Gasteiger partial charge in [-0.1, -0.05) is 31.4 Å². The predicted octanol–water partition coefficient (Wildman–Crippen LogP) is 3.91. The number of ether oxygens (including phenoxy) is 1. The van der Waals surface area contributed by atoms with Crippen LogP contribution in [0.2, 0.25) is 0 Å². The second-order valence-corrected chi connectivity index (χ2v) is 4.74. The van der Waals surface area contributed by atoms with Crippen LogP contribution in [-0.4, -0.2) is 12.8 Å². The Morgan fingerprint density at radius 1 is 1.25 bits per heavy atom. The Balaban J connectivity index is 2.07. The molecular formula is C14H19FO. The van der Waals surface area contributed by atoms with E-state index in [9.17, 15) is 4.39 Å². The smallest absolute Gasteiger partial charge is 0.119 e. The number of benzene rings is 1. The summed E-state index contributed by atoms with van der Waals surface area (Å²) in [7, 11) is 1.64. The SMILES string of the molecule is COc1cccc(CC2(F)CCCCC2)c1. The van der Waals surface area contributed by atoms with Crippen molar-refractivity contribution in [3.8, 4) is 5.75 Å². The van der Waals surface area contributed by atoms with Crippen molar-refractivity contribution in [2.24, 2.45) is 0 Å². The molecular weight excluding hydrogens is 203 g/mol. The predicted molar refractivity (Wildman–Crippen MR) is 63.6 cm³/mol. The molecule has 88 valence electrons. The van der Waals surface area contributed by atoms with Crippen LogP contribution < -0.4 is 4.74 Å². The van der Waals surface area contributed by atoms with E-state index < -0.39 is 5.67 Å². The van der Waals surface area contributed by atoms with Gasteiger partial charge in [0.25, 0.3) is 0 Å². The third-order valence-corrected chi connectivity index (χ3v) is 3.40. The first-order valence-electron chi connectivity index (χ1n) is 6.04. The summed E-state index contributed by atoms with van der Waals surface area (Å²) < 4.78 is 19.6. The number of halogens is 1. The van der Waals surface area contributed by atoms with Gasteiger partial charge in [0.15, 0.2) is 0 Å². The van der Waals surface area contributed by atoms with E-state index in [1.807, 2.05) is 24.3 Å². The third-order valence-electron chi connectivity index (χ3n) is 3.40. The van der Waals surface area contributed by atoms with Gasteiger partial charge in [-0.3, -0.25) is 0 Å². The molecule has 0 amide bonds. The first kappa shape index (κ1) is 11.4. The average molecular weight is 222 g/mol. The van der Waals surface area contributed by atoms with Gasteiger partial charge in [-0.15, -0.1) is 0 Å². The second-order valence-electron chi connectivity index (χ2n) is 4.74. The van der Waals surface area contributed by atoms with E-state index in [1.165, 1.54) is 6.42 Å². The van der Waals surface area contributed by atoms with Crippen LogP contribution in [0.5, 0.6) is 5.75 Å². The van der Waals surface area contributed by atoms with E-state index in [4.69, 9.17) is 4.74 Å². The van der Waals surface area contributed by atoms with Crippen LogP contribution in [0.1, 0.15) is 37.7 Å². The van der Waals surface area contributed by atoms with Crippen molar-refractivity contribution in [2.45, 2.75) is 44.2 Å². The molecule has 1 aliphatic carbocycles. The molecule has 1 aromatic carbocycles. The molecule has 0 aromatic heterocycles. The molecule has 1 aromatic rings. The highest BCUT2D eigenvalue weighted by atomic mass is 19.1. The molecule has 1 fully saturated rings. The Morgan fingerprint density at radius 2 is 2.00 bits per heavy atom. The van der Waals surface area contributed by atoms with Gasteiger partial charge in [-0.25, -0.2) is 4.39 Å². The Bertz CT molecular complexity index is 342. The van der Waals surface area contributed by atoms with Gasteiger partial charge in [0.2, 0.25) is 0 Å². The fraction of sp³-hybridized carbons (Fsp3) is 0.571. The highest BCUT2D eigenvalue weighted by molar-refractivity contribution is 5.29. The third kappa shape index (κ3) is 2.75. The maximum atomic E-state index is 14.5. The van der Waals surface area contributed by atoms with Crippen LogP contribution in [0.3, 0.4) is 0 Å². The Labute approximate surface area is 96.6 Å². The lowest BCUT2D eigenvalue weighted by atomic mass is 9.82. The summed E-state index contributed by atoms with van der Waals surface area (Å²) >= 11 is 0. The fourth-order valence-corrected chi connectivity index (χ4v) is 2.51. The molecule has 2 rings (SSSR count). The lowest BCUT2D eigenvalue weighted by Crippen LogP contribution is -2.28. The summed E-state index contributed by atoms with van der Waals surface area (Å²) in [5.74, 6) is 0.817. The Hall–Kier alpha value is -1.05. The van der Waals surface area contributed by atoms with Gasteiger partial charge < -0.3 is 4.74 Å². The van der Waals surface area contributed by atoms with Crippen molar-refractivity contribution in [2.75, 3.05) is 7.11 Å². The zero-order valence-electron chi connectivity index (χ0n) is 9.84. The quantitative estimate of drug-likeness (QED) is 0.753. The minimum absolute atomic E-state index is 0.532. The summed E-state index contributed by atoms with van der Waals surface area (Å²) in [6.45, 7) is 0. The highest BCUT2D eigenvalue weighted by Gasteiger charge is 2.31. The van der Waals surface area contributed by atoms with Crippen LogP contribution in [0, 0.1) is 0 Å². The number of alkyl halides is 1. The molecule has 0 unspecified atom stereocenters. The van der Waals surface area contributed by atoms with E-state index in [0.717, 1.165) is 24.2 Å². The van der Waals surface area contributed by atoms with Gasteiger partial charge in [0.05, 0.1) is 7.11 Å². The average Bonchev–Trinajstić information content (AvgIpc) is 2.29. The van der Waals surface area contributed by atoms with Crippen LogP contribution in [0.25, 0.3) is 0 Å². The zero-order valence-corrected chi connectivity index (χ0v) is 9.84. The first-order valence-corrected chi connectivity index (χ1v) is 6.04. The van der Waals surface area contributed by atoms with E-state index in [-0.39, 0.29) is 0 Å². The van der Waals surface area contributed by atoms with E-state index in [0.29, 0.717) is 19.3 Å².